The number of hydrogen-bond donors (Lipinski definition) is 2. The standard InChI is InChI=1S/C17H25NO5S/c1-11(2)17(5,10-15(19)20)18-16(21)13-6-8-14(9-7-13)24(22,23)12(3)4/h6-9,11-12H,10H2,1-5H3,(H,18,21)(H,19,20). The minimum absolute atomic E-state index is 0.0851. The molecule has 1 aromatic carbocycles. The Balaban J connectivity index is 3.02. The lowest BCUT2D eigenvalue weighted by Crippen LogP contribution is -2.51. The summed E-state index contributed by atoms with van der Waals surface area (Å²) in [4.78, 5) is 23.6. The van der Waals surface area contributed by atoms with Crippen molar-refractivity contribution < 1.29 is 23.1 Å². The van der Waals surface area contributed by atoms with E-state index >= 15 is 0 Å². The monoisotopic (exact) mass is 355 g/mol. The fourth-order valence-corrected chi connectivity index (χ4v) is 3.17. The van der Waals surface area contributed by atoms with E-state index in [-0.39, 0.29) is 22.8 Å². The lowest BCUT2D eigenvalue weighted by Gasteiger charge is -2.33. The van der Waals surface area contributed by atoms with Crippen LogP contribution in [0.3, 0.4) is 0 Å². The SMILES string of the molecule is CC(C)C(C)(CC(=O)O)NC(=O)c1ccc(S(=O)(=O)C(C)C)cc1. The number of sulfone groups is 1. The first-order valence-electron chi connectivity index (χ1n) is 7.78. The molecule has 24 heavy (non-hydrogen) atoms. The summed E-state index contributed by atoms with van der Waals surface area (Å²) in [6, 6.07) is 5.67. The van der Waals surface area contributed by atoms with E-state index in [1.807, 2.05) is 13.8 Å². The van der Waals surface area contributed by atoms with E-state index in [4.69, 9.17) is 5.11 Å². The zero-order valence-electron chi connectivity index (χ0n) is 14.7. The molecule has 0 bridgehead atoms. The molecule has 2 N–H and O–H groups in total. The minimum Gasteiger partial charge on any atom is -0.481 e. The van der Waals surface area contributed by atoms with E-state index in [9.17, 15) is 18.0 Å². The number of carbonyl (C=O) groups is 2. The Morgan fingerprint density at radius 1 is 1.12 bits per heavy atom. The van der Waals surface area contributed by atoms with Gasteiger partial charge in [0.2, 0.25) is 0 Å². The second kappa shape index (κ2) is 7.34. The summed E-state index contributed by atoms with van der Waals surface area (Å²) in [7, 11) is -3.39. The van der Waals surface area contributed by atoms with Crippen molar-refractivity contribution in [1.29, 1.82) is 0 Å². The first-order chi connectivity index (χ1) is 10.9. The Morgan fingerprint density at radius 3 is 2.00 bits per heavy atom. The van der Waals surface area contributed by atoms with Crippen molar-refractivity contribution in [2.45, 2.75) is 56.7 Å². The number of amides is 1. The van der Waals surface area contributed by atoms with Gasteiger partial charge in [0.05, 0.1) is 22.1 Å². The van der Waals surface area contributed by atoms with Crippen molar-refractivity contribution in [3.63, 3.8) is 0 Å². The maximum Gasteiger partial charge on any atom is 0.305 e. The van der Waals surface area contributed by atoms with Gasteiger partial charge in [-0.05, 0) is 51.0 Å². The average molecular weight is 355 g/mol. The molecule has 0 radical (unpaired) electrons. The number of hydrogen-bond acceptors (Lipinski definition) is 4. The minimum atomic E-state index is -3.39. The topological polar surface area (TPSA) is 101 Å². The Bertz CT molecular complexity index is 707. The van der Waals surface area contributed by atoms with Crippen LogP contribution in [-0.2, 0) is 14.6 Å². The molecular weight excluding hydrogens is 330 g/mol. The second-order valence-corrected chi connectivity index (χ2v) is 9.22. The largest absolute Gasteiger partial charge is 0.481 e. The molecule has 7 heteroatoms. The highest BCUT2D eigenvalue weighted by atomic mass is 32.2. The van der Waals surface area contributed by atoms with Gasteiger partial charge in [0, 0.05) is 5.56 Å². The molecule has 0 spiro atoms. The molecule has 1 amide bonds. The van der Waals surface area contributed by atoms with Crippen LogP contribution in [0.4, 0.5) is 0 Å². The van der Waals surface area contributed by atoms with Gasteiger partial charge < -0.3 is 10.4 Å². The summed E-state index contributed by atoms with van der Waals surface area (Å²) in [6.07, 6.45) is -0.198. The van der Waals surface area contributed by atoms with Crippen LogP contribution in [0.15, 0.2) is 29.2 Å². The van der Waals surface area contributed by atoms with E-state index in [1.54, 1.807) is 20.8 Å². The molecule has 1 atom stereocenters. The first kappa shape index (κ1) is 20.2. The van der Waals surface area contributed by atoms with Gasteiger partial charge in [-0.25, -0.2) is 8.42 Å². The van der Waals surface area contributed by atoms with Crippen molar-refractivity contribution in [1.82, 2.24) is 5.32 Å². The summed E-state index contributed by atoms with van der Waals surface area (Å²) in [5, 5.41) is 11.2. The summed E-state index contributed by atoms with van der Waals surface area (Å²) in [5.74, 6) is -1.51. The van der Waals surface area contributed by atoms with E-state index in [1.165, 1.54) is 24.3 Å². The van der Waals surface area contributed by atoms with Crippen molar-refractivity contribution in [3.05, 3.63) is 29.8 Å². The third-order valence-corrected chi connectivity index (χ3v) is 6.43. The zero-order chi connectivity index (χ0) is 18.7. The van der Waals surface area contributed by atoms with Crippen LogP contribution >= 0.6 is 0 Å². The lowest BCUT2D eigenvalue weighted by molar-refractivity contribution is -0.138. The zero-order valence-corrected chi connectivity index (χ0v) is 15.5. The molecule has 0 aliphatic carbocycles. The summed E-state index contributed by atoms with van der Waals surface area (Å²) >= 11 is 0. The van der Waals surface area contributed by atoms with E-state index < -0.39 is 32.5 Å². The normalized spacial score (nSPS) is 14.5. The maximum absolute atomic E-state index is 12.4. The number of rotatable bonds is 7. The molecule has 6 nitrogen and oxygen atoms in total. The Kier molecular flexibility index (Phi) is 6.16. The smallest absolute Gasteiger partial charge is 0.305 e. The Labute approximate surface area is 143 Å². The molecule has 134 valence electrons. The number of aliphatic carboxylic acids is 1. The van der Waals surface area contributed by atoms with Crippen molar-refractivity contribution in [3.8, 4) is 0 Å². The van der Waals surface area contributed by atoms with Crippen LogP contribution < -0.4 is 5.32 Å². The fraction of sp³-hybridized carbons (Fsp3) is 0.529. The van der Waals surface area contributed by atoms with Gasteiger partial charge in [0.15, 0.2) is 9.84 Å². The Hall–Kier alpha value is -1.89. The first-order valence-corrected chi connectivity index (χ1v) is 9.33. The van der Waals surface area contributed by atoms with Crippen LogP contribution in [0.2, 0.25) is 0 Å². The molecular formula is C17H25NO5S. The van der Waals surface area contributed by atoms with Crippen LogP contribution in [-0.4, -0.2) is 36.2 Å². The van der Waals surface area contributed by atoms with Gasteiger partial charge in [-0.15, -0.1) is 0 Å². The fourth-order valence-electron chi connectivity index (χ4n) is 2.11. The van der Waals surface area contributed by atoms with Gasteiger partial charge >= 0.3 is 5.97 Å². The van der Waals surface area contributed by atoms with Gasteiger partial charge in [-0.2, -0.15) is 0 Å². The second-order valence-electron chi connectivity index (χ2n) is 6.71. The van der Waals surface area contributed by atoms with Crippen LogP contribution in [0.25, 0.3) is 0 Å². The molecule has 0 fully saturated rings. The molecule has 0 aliphatic rings. The molecule has 1 unspecified atom stereocenters. The van der Waals surface area contributed by atoms with E-state index in [0.717, 1.165) is 0 Å². The van der Waals surface area contributed by atoms with Crippen LogP contribution in [0.1, 0.15) is 51.4 Å². The molecule has 1 rings (SSSR count). The average Bonchev–Trinajstić information content (AvgIpc) is 2.46. The quantitative estimate of drug-likeness (QED) is 0.782. The van der Waals surface area contributed by atoms with Crippen LogP contribution in [0.5, 0.6) is 0 Å². The molecule has 0 heterocycles. The summed E-state index contributed by atoms with van der Waals surface area (Å²) < 4.78 is 24.2. The number of carbonyl (C=O) groups excluding carboxylic acids is 1. The molecule has 1 aromatic rings. The predicted octanol–water partition coefficient (Wildman–Crippen LogP) is 2.49. The maximum atomic E-state index is 12.4. The number of carboxylic acid groups (broad SMARTS) is 1. The third-order valence-electron chi connectivity index (χ3n) is 4.26. The number of nitrogens with one attached hydrogen (secondary N) is 1. The van der Waals surface area contributed by atoms with Gasteiger partial charge in [-0.1, -0.05) is 13.8 Å². The molecule has 0 aliphatic heterocycles. The number of carboxylic acids is 1. The summed E-state index contributed by atoms with van der Waals surface area (Å²) in [5.41, 5.74) is -0.610. The van der Waals surface area contributed by atoms with E-state index in [2.05, 4.69) is 5.32 Å². The van der Waals surface area contributed by atoms with E-state index in [0.29, 0.717) is 0 Å². The van der Waals surface area contributed by atoms with Crippen molar-refractivity contribution >= 4 is 21.7 Å². The van der Waals surface area contributed by atoms with Crippen LogP contribution in [0, 0.1) is 5.92 Å². The highest BCUT2D eigenvalue weighted by molar-refractivity contribution is 7.92. The summed E-state index contributed by atoms with van der Waals surface area (Å²) in [6.45, 7) is 8.54. The lowest BCUT2D eigenvalue weighted by atomic mass is 9.85. The number of benzene rings is 1. The van der Waals surface area contributed by atoms with Crippen molar-refractivity contribution in [2.24, 2.45) is 5.92 Å². The molecule has 0 aromatic heterocycles. The van der Waals surface area contributed by atoms with Crippen molar-refractivity contribution in [2.75, 3.05) is 0 Å². The van der Waals surface area contributed by atoms with Gasteiger partial charge in [-0.3, -0.25) is 9.59 Å². The van der Waals surface area contributed by atoms with Gasteiger partial charge in [0.1, 0.15) is 0 Å². The highest BCUT2D eigenvalue weighted by Crippen LogP contribution is 2.22. The predicted molar refractivity (Wildman–Crippen MR) is 91.7 cm³/mol. The van der Waals surface area contributed by atoms with Gasteiger partial charge in [0.25, 0.3) is 5.91 Å². The Morgan fingerprint density at radius 2 is 1.62 bits per heavy atom. The highest BCUT2D eigenvalue weighted by Gasteiger charge is 2.33. The molecule has 0 saturated carbocycles. The third kappa shape index (κ3) is 4.56. The molecule has 0 saturated heterocycles.